The lowest BCUT2D eigenvalue weighted by atomic mass is 10.0. The monoisotopic (exact) mass is 319 g/mol. The lowest BCUT2D eigenvalue weighted by molar-refractivity contribution is -0.134. The Morgan fingerprint density at radius 3 is 2.61 bits per heavy atom. The Bertz CT molecular complexity index is 676. The van der Waals surface area contributed by atoms with Crippen molar-refractivity contribution in [1.82, 2.24) is 24.9 Å². The molecule has 2 aliphatic heterocycles. The molecule has 0 saturated carbocycles. The number of hydrogen-bond acceptors (Lipinski definition) is 5. The number of piperidine rings is 1. The number of amides is 4. The van der Waals surface area contributed by atoms with E-state index in [-0.39, 0.29) is 42.5 Å². The lowest BCUT2D eigenvalue weighted by Gasteiger charge is -2.35. The maximum atomic E-state index is 12.2. The molecule has 9 heteroatoms. The van der Waals surface area contributed by atoms with Crippen LogP contribution in [-0.4, -0.2) is 63.1 Å². The van der Waals surface area contributed by atoms with E-state index < -0.39 is 0 Å². The molecule has 0 spiro atoms. The van der Waals surface area contributed by atoms with Gasteiger partial charge >= 0.3 is 6.03 Å². The van der Waals surface area contributed by atoms with Crippen molar-refractivity contribution < 1.29 is 14.4 Å². The lowest BCUT2D eigenvalue weighted by Crippen LogP contribution is -2.49. The summed E-state index contributed by atoms with van der Waals surface area (Å²) in [6, 6.07) is 2.34. The summed E-state index contributed by atoms with van der Waals surface area (Å²) in [4.78, 5) is 50.0. The number of nitrogens with zero attached hydrogens (tertiary/aromatic N) is 4. The van der Waals surface area contributed by atoms with Crippen LogP contribution in [0.5, 0.6) is 0 Å². The van der Waals surface area contributed by atoms with Crippen LogP contribution in [0.1, 0.15) is 12.8 Å². The first-order chi connectivity index (χ1) is 11.1. The maximum absolute atomic E-state index is 12.2. The molecule has 0 aromatic carbocycles. The van der Waals surface area contributed by atoms with E-state index in [1.165, 1.54) is 23.2 Å². The third-order valence-electron chi connectivity index (χ3n) is 4.13. The van der Waals surface area contributed by atoms with E-state index in [4.69, 9.17) is 0 Å². The van der Waals surface area contributed by atoms with Gasteiger partial charge in [0.05, 0.1) is 6.54 Å². The molecule has 1 N–H and O–H groups in total. The molecule has 0 aliphatic carbocycles. The van der Waals surface area contributed by atoms with Gasteiger partial charge in [0.25, 0.3) is 5.56 Å². The zero-order valence-corrected chi connectivity index (χ0v) is 12.5. The Kier molecular flexibility index (Phi) is 4.09. The molecule has 3 heterocycles. The summed E-state index contributed by atoms with van der Waals surface area (Å²) >= 11 is 0. The van der Waals surface area contributed by atoms with Crippen molar-refractivity contribution >= 4 is 17.8 Å². The van der Waals surface area contributed by atoms with Crippen LogP contribution in [0.3, 0.4) is 0 Å². The molecule has 9 nitrogen and oxygen atoms in total. The fraction of sp³-hybridized carbons (Fsp3) is 0.500. The van der Waals surface area contributed by atoms with Gasteiger partial charge in [0.15, 0.2) is 0 Å². The number of likely N-dealkylation sites (tertiary alicyclic amines) is 1. The number of nitrogens with one attached hydrogen (secondary N) is 1. The second-order valence-corrected chi connectivity index (χ2v) is 5.55. The van der Waals surface area contributed by atoms with Gasteiger partial charge in [-0.3, -0.25) is 19.3 Å². The highest BCUT2D eigenvalue weighted by Crippen LogP contribution is 2.19. The van der Waals surface area contributed by atoms with Gasteiger partial charge in [-0.05, 0) is 18.9 Å². The summed E-state index contributed by atoms with van der Waals surface area (Å²) < 4.78 is 1.12. The number of carbonyl (C=O) groups excluding carboxylic acids is 3. The fourth-order valence-corrected chi connectivity index (χ4v) is 2.91. The summed E-state index contributed by atoms with van der Waals surface area (Å²) in [6.07, 6.45) is 2.54. The predicted octanol–water partition coefficient (Wildman–Crippen LogP) is -1.21. The van der Waals surface area contributed by atoms with Crippen molar-refractivity contribution in [3.05, 3.63) is 28.7 Å². The Morgan fingerprint density at radius 2 is 2.00 bits per heavy atom. The van der Waals surface area contributed by atoms with E-state index in [9.17, 15) is 19.2 Å². The third-order valence-corrected chi connectivity index (χ3v) is 4.13. The average molecular weight is 319 g/mol. The molecule has 0 unspecified atom stereocenters. The quantitative estimate of drug-likeness (QED) is 0.704. The number of urea groups is 1. The van der Waals surface area contributed by atoms with Crippen LogP contribution in [0.2, 0.25) is 0 Å². The standard InChI is InChI=1S/C14H17N5O4/c20-11-2-1-5-16-18(11)9-13(22)17-6-3-10(4-7-17)19-12(21)8-15-14(19)23/h1-2,5,10H,3-4,6-9H2,(H,15,23). The Morgan fingerprint density at radius 1 is 1.26 bits per heavy atom. The van der Waals surface area contributed by atoms with Crippen LogP contribution in [0.25, 0.3) is 0 Å². The van der Waals surface area contributed by atoms with Crippen LogP contribution in [0.4, 0.5) is 4.79 Å². The molecule has 1 aromatic rings. The molecule has 3 rings (SSSR count). The summed E-state index contributed by atoms with van der Waals surface area (Å²) in [5, 5.41) is 6.36. The first-order valence-electron chi connectivity index (χ1n) is 7.46. The zero-order valence-electron chi connectivity index (χ0n) is 12.5. The number of imide groups is 1. The highest BCUT2D eigenvalue weighted by atomic mass is 16.2. The van der Waals surface area contributed by atoms with Gasteiger partial charge in [0.2, 0.25) is 11.8 Å². The second-order valence-electron chi connectivity index (χ2n) is 5.55. The van der Waals surface area contributed by atoms with Gasteiger partial charge in [-0.2, -0.15) is 5.10 Å². The van der Waals surface area contributed by atoms with Crippen LogP contribution in [0, 0.1) is 0 Å². The van der Waals surface area contributed by atoms with Crippen molar-refractivity contribution in [3.63, 3.8) is 0 Å². The Labute approximate surface area is 131 Å². The predicted molar refractivity (Wildman–Crippen MR) is 78.3 cm³/mol. The van der Waals surface area contributed by atoms with Crippen LogP contribution < -0.4 is 10.9 Å². The van der Waals surface area contributed by atoms with E-state index in [2.05, 4.69) is 10.4 Å². The topological polar surface area (TPSA) is 105 Å². The van der Waals surface area contributed by atoms with E-state index in [0.717, 1.165) is 4.68 Å². The first kappa shape index (κ1) is 15.2. The van der Waals surface area contributed by atoms with Crippen molar-refractivity contribution in [2.75, 3.05) is 19.6 Å². The summed E-state index contributed by atoms with van der Waals surface area (Å²) in [7, 11) is 0. The van der Waals surface area contributed by atoms with Crippen molar-refractivity contribution in [2.45, 2.75) is 25.4 Å². The van der Waals surface area contributed by atoms with Crippen LogP contribution in [0.15, 0.2) is 23.1 Å². The van der Waals surface area contributed by atoms with Gasteiger partial charge in [-0.15, -0.1) is 0 Å². The molecule has 0 bridgehead atoms. The molecular formula is C14H17N5O4. The molecule has 4 amide bonds. The molecule has 0 atom stereocenters. The SMILES string of the molecule is O=C(Cn1ncccc1=O)N1CCC(N2C(=O)CNC2=O)CC1. The highest BCUT2D eigenvalue weighted by molar-refractivity contribution is 6.02. The number of rotatable bonds is 3. The largest absolute Gasteiger partial charge is 0.341 e. The average Bonchev–Trinajstić information content (AvgIpc) is 2.88. The molecule has 0 radical (unpaired) electrons. The van der Waals surface area contributed by atoms with Crippen molar-refractivity contribution in [1.29, 1.82) is 0 Å². The third kappa shape index (κ3) is 3.08. The normalized spacial score (nSPS) is 19.1. The highest BCUT2D eigenvalue weighted by Gasteiger charge is 2.37. The van der Waals surface area contributed by atoms with Gasteiger partial charge in [0, 0.05) is 31.4 Å². The minimum atomic E-state index is -0.361. The van der Waals surface area contributed by atoms with E-state index >= 15 is 0 Å². The van der Waals surface area contributed by atoms with Gasteiger partial charge in [-0.25, -0.2) is 9.48 Å². The molecule has 2 fully saturated rings. The number of aromatic nitrogens is 2. The minimum Gasteiger partial charge on any atom is -0.341 e. The van der Waals surface area contributed by atoms with E-state index in [1.54, 1.807) is 4.90 Å². The minimum absolute atomic E-state index is 0.0422. The van der Waals surface area contributed by atoms with Crippen molar-refractivity contribution in [3.8, 4) is 0 Å². The number of carbonyl (C=O) groups is 3. The molecule has 1 aromatic heterocycles. The number of hydrogen-bond donors (Lipinski definition) is 1. The van der Waals surface area contributed by atoms with Crippen LogP contribution >= 0.6 is 0 Å². The van der Waals surface area contributed by atoms with E-state index in [1.807, 2.05) is 0 Å². The van der Waals surface area contributed by atoms with Gasteiger partial charge in [0.1, 0.15) is 6.54 Å². The molecular weight excluding hydrogens is 302 g/mol. The summed E-state index contributed by atoms with van der Waals surface area (Å²) in [5.74, 6) is -0.415. The molecule has 2 saturated heterocycles. The van der Waals surface area contributed by atoms with Gasteiger partial charge < -0.3 is 10.2 Å². The molecule has 122 valence electrons. The smallest absolute Gasteiger partial charge is 0.324 e. The second kappa shape index (κ2) is 6.19. The van der Waals surface area contributed by atoms with E-state index in [0.29, 0.717) is 25.9 Å². The summed E-state index contributed by atoms with van der Waals surface area (Å²) in [6.45, 7) is 0.832. The summed E-state index contributed by atoms with van der Waals surface area (Å²) in [5.41, 5.74) is -0.324. The molecule has 23 heavy (non-hydrogen) atoms. The van der Waals surface area contributed by atoms with Crippen LogP contribution in [-0.2, 0) is 16.1 Å². The molecule has 2 aliphatic rings. The zero-order chi connectivity index (χ0) is 16.4. The first-order valence-corrected chi connectivity index (χ1v) is 7.46. The Balaban J connectivity index is 1.57. The van der Waals surface area contributed by atoms with Gasteiger partial charge in [-0.1, -0.05) is 0 Å². The maximum Gasteiger partial charge on any atom is 0.324 e. The fourth-order valence-electron chi connectivity index (χ4n) is 2.91. The Hall–Kier alpha value is -2.71. The van der Waals surface area contributed by atoms with Crippen molar-refractivity contribution in [2.24, 2.45) is 0 Å².